The molecule has 1 aromatic carbocycles. The Balaban J connectivity index is 2.11. The second kappa shape index (κ2) is 2.50. The molecule has 72 valence electrons. The van der Waals surface area contributed by atoms with Crippen LogP contribution >= 0.6 is 0 Å². The molecular formula is C11H12N2O. The van der Waals surface area contributed by atoms with Crippen molar-refractivity contribution in [1.82, 2.24) is 0 Å². The minimum atomic E-state index is 0.198. The van der Waals surface area contributed by atoms with Crippen LogP contribution in [0, 0.1) is 5.92 Å². The van der Waals surface area contributed by atoms with E-state index in [0.717, 1.165) is 24.1 Å². The Morgan fingerprint density at radius 1 is 1.36 bits per heavy atom. The van der Waals surface area contributed by atoms with Crippen molar-refractivity contribution in [2.75, 3.05) is 11.1 Å². The van der Waals surface area contributed by atoms with Crippen LogP contribution in [0.5, 0.6) is 0 Å². The van der Waals surface area contributed by atoms with Gasteiger partial charge in [-0.25, -0.2) is 0 Å². The van der Waals surface area contributed by atoms with E-state index in [0.29, 0.717) is 11.7 Å². The molecule has 0 radical (unpaired) electrons. The van der Waals surface area contributed by atoms with Gasteiger partial charge in [0.15, 0.2) is 5.78 Å². The van der Waals surface area contributed by atoms with Gasteiger partial charge in [0, 0.05) is 28.9 Å². The highest BCUT2D eigenvalue weighted by atomic mass is 16.1. The lowest BCUT2D eigenvalue weighted by atomic mass is 9.72. The Morgan fingerprint density at radius 2 is 2.21 bits per heavy atom. The smallest absolute Gasteiger partial charge is 0.170 e. The molecule has 1 saturated carbocycles. The fourth-order valence-electron chi connectivity index (χ4n) is 2.28. The highest BCUT2D eigenvalue weighted by Crippen LogP contribution is 2.39. The number of rotatable bonds is 0. The molecule has 2 unspecified atom stereocenters. The molecule has 1 aromatic rings. The summed E-state index contributed by atoms with van der Waals surface area (Å²) in [5.74, 6) is 0.464. The zero-order valence-corrected chi connectivity index (χ0v) is 7.79. The standard InChI is InChI=1S/C11H12N2O/c12-6-1-3-10-8(5-6)11(14)7-2-4-9(7)13-10/h1,3,5,7,9,13H,2,4,12H2. The van der Waals surface area contributed by atoms with Crippen LogP contribution in [0.1, 0.15) is 23.2 Å². The van der Waals surface area contributed by atoms with Crippen LogP contribution < -0.4 is 11.1 Å². The quantitative estimate of drug-likeness (QED) is 0.609. The number of Topliss-reactive ketones (excluding diaryl/α,β-unsaturated/α-hetero) is 1. The van der Waals surface area contributed by atoms with E-state index < -0.39 is 0 Å². The number of fused-ring (bicyclic) bond motifs is 2. The van der Waals surface area contributed by atoms with Crippen LogP contribution in [0.2, 0.25) is 0 Å². The third-order valence-electron chi connectivity index (χ3n) is 3.26. The molecule has 0 aromatic heterocycles. The molecule has 0 amide bonds. The molecule has 3 heteroatoms. The largest absolute Gasteiger partial charge is 0.399 e. The summed E-state index contributed by atoms with van der Waals surface area (Å²) in [4.78, 5) is 11.9. The topological polar surface area (TPSA) is 55.1 Å². The van der Waals surface area contributed by atoms with E-state index in [1.807, 2.05) is 12.1 Å². The summed E-state index contributed by atoms with van der Waals surface area (Å²) in [6.07, 6.45) is 2.13. The maximum atomic E-state index is 11.9. The molecule has 0 saturated heterocycles. The number of benzene rings is 1. The number of ketones is 1. The number of hydrogen-bond donors (Lipinski definition) is 2. The number of nitrogen functional groups attached to an aromatic ring is 1. The number of carbonyl (C=O) groups excluding carboxylic acids is 1. The summed E-state index contributed by atoms with van der Waals surface area (Å²) >= 11 is 0. The summed E-state index contributed by atoms with van der Waals surface area (Å²) in [7, 11) is 0. The fourth-order valence-corrected chi connectivity index (χ4v) is 2.28. The average molecular weight is 188 g/mol. The number of anilines is 2. The molecule has 1 aliphatic carbocycles. The molecule has 1 aliphatic heterocycles. The van der Waals surface area contributed by atoms with Crippen molar-refractivity contribution in [2.24, 2.45) is 5.92 Å². The van der Waals surface area contributed by atoms with Crippen LogP contribution in [0.3, 0.4) is 0 Å². The first kappa shape index (κ1) is 7.85. The lowest BCUT2D eigenvalue weighted by Gasteiger charge is -2.41. The van der Waals surface area contributed by atoms with Gasteiger partial charge in [-0.3, -0.25) is 4.79 Å². The van der Waals surface area contributed by atoms with Gasteiger partial charge in [-0.15, -0.1) is 0 Å². The van der Waals surface area contributed by atoms with Crippen molar-refractivity contribution in [3.05, 3.63) is 23.8 Å². The molecule has 0 bridgehead atoms. The van der Waals surface area contributed by atoms with Crippen LogP contribution in [0.4, 0.5) is 11.4 Å². The third-order valence-corrected chi connectivity index (χ3v) is 3.26. The Kier molecular flexibility index (Phi) is 1.40. The van der Waals surface area contributed by atoms with Gasteiger partial charge in [-0.1, -0.05) is 0 Å². The second-order valence-electron chi connectivity index (χ2n) is 4.10. The van der Waals surface area contributed by atoms with Gasteiger partial charge < -0.3 is 11.1 Å². The van der Waals surface area contributed by atoms with Crippen molar-refractivity contribution in [1.29, 1.82) is 0 Å². The van der Waals surface area contributed by atoms with Gasteiger partial charge in [0.2, 0.25) is 0 Å². The highest BCUT2D eigenvalue weighted by Gasteiger charge is 2.41. The van der Waals surface area contributed by atoms with Crippen LogP contribution in [0.15, 0.2) is 18.2 Å². The van der Waals surface area contributed by atoms with E-state index in [1.165, 1.54) is 0 Å². The molecule has 2 aliphatic rings. The zero-order chi connectivity index (χ0) is 9.71. The molecule has 3 N–H and O–H groups in total. The van der Waals surface area contributed by atoms with Gasteiger partial charge in [-0.2, -0.15) is 0 Å². The minimum absolute atomic E-state index is 0.198. The lowest BCUT2D eigenvalue weighted by molar-refractivity contribution is 0.0825. The Bertz CT molecular complexity index is 414. The summed E-state index contributed by atoms with van der Waals surface area (Å²) in [5.41, 5.74) is 8.04. The Morgan fingerprint density at radius 3 is 2.93 bits per heavy atom. The Labute approximate surface area is 82.3 Å². The second-order valence-corrected chi connectivity index (χ2v) is 4.10. The predicted octanol–water partition coefficient (Wildman–Crippen LogP) is 1.66. The highest BCUT2D eigenvalue weighted by molar-refractivity contribution is 6.06. The molecule has 1 heterocycles. The van der Waals surface area contributed by atoms with Gasteiger partial charge in [-0.05, 0) is 31.0 Å². The van der Waals surface area contributed by atoms with Gasteiger partial charge in [0.1, 0.15) is 0 Å². The van der Waals surface area contributed by atoms with E-state index in [9.17, 15) is 4.79 Å². The number of carbonyl (C=O) groups is 1. The summed E-state index contributed by atoms with van der Waals surface area (Å²) in [6, 6.07) is 5.88. The van der Waals surface area contributed by atoms with Crippen molar-refractivity contribution in [3.8, 4) is 0 Å². The van der Waals surface area contributed by atoms with Crippen LogP contribution in [-0.4, -0.2) is 11.8 Å². The molecule has 0 spiro atoms. The van der Waals surface area contributed by atoms with Crippen molar-refractivity contribution in [2.45, 2.75) is 18.9 Å². The monoisotopic (exact) mass is 188 g/mol. The lowest BCUT2D eigenvalue weighted by Crippen LogP contribution is -2.46. The Hall–Kier alpha value is -1.51. The maximum absolute atomic E-state index is 11.9. The molecular weight excluding hydrogens is 176 g/mol. The molecule has 3 nitrogen and oxygen atoms in total. The summed E-state index contributed by atoms with van der Waals surface area (Å²) in [5, 5.41) is 3.38. The van der Waals surface area contributed by atoms with Crippen molar-refractivity contribution >= 4 is 17.2 Å². The van der Waals surface area contributed by atoms with E-state index in [4.69, 9.17) is 5.73 Å². The predicted molar refractivity (Wildman–Crippen MR) is 55.3 cm³/mol. The summed E-state index contributed by atoms with van der Waals surface area (Å²) < 4.78 is 0. The van der Waals surface area contributed by atoms with E-state index in [-0.39, 0.29) is 11.7 Å². The van der Waals surface area contributed by atoms with Gasteiger partial charge in [0.05, 0.1) is 0 Å². The number of nitrogens with one attached hydrogen (secondary N) is 1. The number of nitrogens with two attached hydrogens (primary N) is 1. The minimum Gasteiger partial charge on any atom is -0.399 e. The third kappa shape index (κ3) is 0.895. The number of hydrogen-bond acceptors (Lipinski definition) is 3. The fraction of sp³-hybridized carbons (Fsp3) is 0.364. The van der Waals surface area contributed by atoms with E-state index in [1.54, 1.807) is 6.07 Å². The SMILES string of the molecule is Nc1ccc2c(c1)C(=O)C1CCC1N2. The summed E-state index contributed by atoms with van der Waals surface area (Å²) in [6.45, 7) is 0. The van der Waals surface area contributed by atoms with Crippen molar-refractivity contribution in [3.63, 3.8) is 0 Å². The maximum Gasteiger partial charge on any atom is 0.170 e. The first-order chi connectivity index (χ1) is 6.75. The first-order valence-electron chi connectivity index (χ1n) is 4.96. The first-order valence-corrected chi connectivity index (χ1v) is 4.96. The van der Waals surface area contributed by atoms with Gasteiger partial charge >= 0.3 is 0 Å². The molecule has 2 atom stereocenters. The van der Waals surface area contributed by atoms with E-state index in [2.05, 4.69) is 5.32 Å². The van der Waals surface area contributed by atoms with Crippen LogP contribution in [-0.2, 0) is 0 Å². The van der Waals surface area contributed by atoms with Crippen molar-refractivity contribution < 1.29 is 4.79 Å². The van der Waals surface area contributed by atoms with Gasteiger partial charge in [0.25, 0.3) is 0 Å². The zero-order valence-electron chi connectivity index (χ0n) is 7.79. The normalized spacial score (nSPS) is 28.4. The average Bonchev–Trinajstić information content (AvgIpc) is 2.12. The van der Waals surface area contributed by atoms with Crippen LogP contribution in [0.25, 0.3) is 0 Å². The molecule has 14 heavy (non-hydrogen) atoms. The van der Waals surface area contributed by atoms with E-state index >= 15 is 0 Å². The molecule has 3 rings (SSSR count). The molecule has 1 fully saturated rings.